The van der Waals surface area contributed by atoms with Gasteiger partial charge in [-0.05, 0) is 11.6 Å². The molecule has 1 heterocycles. The lowest BCUT2D eigenvalue weighted by Crippen LogP contribution is -2.31. The molecule has 0 radical (unpaired) electrons. The van der Waals surface area contributed by atoms with Crippen molar-refractivity contribution < 1.29 is 0 Å². The number of rotatable bonds is 6. The summed E-state index contributed by atoms with van der Waals surface area (Å²) in [7, 11) is 2.10. The molecule has 0 aliphatic carbocycles. The molecule has 0 amide bonds. The summed E-state index contributed by atoms with van der Waals surface area (Å²) in [5, 5.41) is 8.24. The monoisotopic (exact) mass is 245 g/mol. The second-order valence-corrected chi connectivity index (χ2v) is 5.07. The van der Waals surface area contributed by atoms with Crippen LogP contribution in [-0.2, 0) is 13.6 Å². The van der Waals surface area contributed by atoms with E-state index in [9.17, 15) is 0 Å². The van der Waals surface area contributed by atoms with Crippen LogP contribution < -0.4 is 10.6 Å². The summed E-state index contributed by atoms with van der Waals surface area (Å²) in [6.45, 7) is 7.29. The Morgan fingerprint density at radius 1 is 1.17 bits per heavy atom. The van der Waals surface area contributed by atoms with E-state index in [4.69, 9.17) is 0 Å². The van der Waals surface area contributed by atoms with Crippen LogP contribution in [0.2, 0.25) is 0 Å². The molecule has 0 spiro atoms. The Kier molecular flexibility index (Phi) is 4.39. The van der Waals surface area contributed by atoms with E-state index in [2.05, 4.69) is 66.6 Å². The van der Waals surface area contributed by atoms with E-state index in [-0.39, 0.29) is 0 Å². The standard InChI is InChI=1S/C15H23N3/c1-12(2)17-9-8-16-10-13-11-18(3)15-7-5-4-6-14(13)15/h4-7,11-12,16-17H,8-10H2,1-3H3. The van der Waals surface area contributed by atoms with Gasteiger partial charge in [-0.1, -0.05) is 32.0 Å². The molecule has 0 fully saturated rings. The molecule has 0 unspecified atom stereocenters. The molecule has 2 N–H and O–H groups in total. The molecule has 1 aromatic heterocycles. The number of nitrogens with one attached hydrogen (secondary N) is 2. The topological polar surface area (TPSA) is 29.0 Å². The molecule has 0 saturated carbocycles. The van der Waals surface area contributed by atoms with Crippen LogP contribution in [0.5, 0.6) is 0 Å². The molecule has 3 nitrogen and oxygen atoms in total. The third kappa shape index (κ3) is 3.12. The third-order valence-corrected chi connectivity index (χ3v) is 3.15. The Morgan fingerprint density at radius 2 is 1.94 bits per heavy atom. The van der Waals surface area contributed by atoms with Crippen molar-refractivity contribution in [1.82, 2.24) is 15.2 Å². The fourth-order valence-corrected chi connectivity index (χ4v) is 2.24. The second-order valence-electron chi connectivity index (χ2n) is 5.07. The predicted octanol–water partition coefficient (Wildman–Crippen LogP) is 2.27. The average Bonchev–Trinajstić information content (AvgIpc) is 2.66. The van der Waals surface area contributed by atoms with Crippen LogP contribution in [-0.4, -0.2) is 23.7 Å². The first-order chi connectivity index (χ1) is 8.68. The van der Waals surface area contributed by atoms with E-state index in [1.54, 1.807) is 0 Å². The van der Waals surface area contributed by atoms with Gasteiger partial charge in [0.05, 0.1) is 0 Å². The van der Waals surface area contributed by atoms with Gasteiger partial charge in [0.1, 0.15) is 0 Å². The van der Waals surface area contributed by atoms with E-state index in [0.717, 1.165) is 19.6 Å². The molecule has 0 bridgehead atoms. The van der Waals surface area contributed by atoms with Crippen LogP contribution in [0.15, 0.2) is 30.5 Å². The summed E-state index contributed by atoms with van der Waals surface area (Å²) in [5.41, 5.74) is 2.67. The van der Waals surface area contributed by atoms with Crippen LogP contribution in [0.3, 0.4) is 0 Å². The largest absolute Gasteiger partial charge is 0.350 e. The number of hydrogen-bond donors (Lipinski definition) is 2. The summed E-state index contributed by atoms with van der Waals surface area (Å²) >= 11 is 0. The normalized spacial score (nSPS) is 11.6. The van der Waals surface area contributed by atoms with E-state index >= 15 is 0 Å². The smallest absolute Gasteiger partial charge is 0.0481 e. The van der Waals surface area contributed by atoms with Crippen molar-refractivity contribution in [3.05, 3.63) is 36.0 Å². The molecule has 2 rings (SSSR count). The predicted molar refractivity (Wildman–Crippen MR) is 77.8 cm³/mol. The fourth-order valence-electron chi connectivity index (χ4n) is 2.24. The summed E-state index contributed by atoms with van der Waals surface area (Å²) in [4.78, 5) is 0. The average molecular weight is 245 g/mol. The fraction of sp³-hybridized carbons (Fsp3) is 0.467. The number of para-hydroxylation sites is 1. The first kappa shape index (κ1) is 13.1. The summed E-state index contributed by atoms with van der Waals surface area (Å²) in [5.74, 6) is 0. The minimum Gasteiger partial charge on any atom is -0.350 e. The highest BCUT2D eigenvalue weighted by Gasteiger charge is 2.04. The maximum absolute atomic E-state index is 3.49. The molecule has 0 aliphatic heterocycles. The minimum absolute atomic E-state index is 0.560. The van der Waals surface area contributed by atoms with Crippen molar-refractivity contribution in [3.8, 4) is 0 Å². The SMILES string of the molecule is CC(C)NCCNCc1cn(C)c2ccccc12. The van der Waals surface area contributed by atoms with Gasteiger partial charge in [0.25, 0.3) is 0 Å². The third-order valence-electron chi connectivity index (χ3n) is 3.15. The first-order valence-corrected chi connectivity index (χ1v) is 6.65. The van der Waals surface area contributed by atoms with Crippen molar-refractivity contribution in [3.63, 3.8) is 0 Å². The van der Waals surface area contributed by atoms with Gasteiger partial charge in [0.2, 0.25) is 0 Å². The molecule has 1 aromatic carbocycles. The lowest BCUT2D eigenvalue weighted by molar-refractivity contribution is 0.556. The highest BCUT2D eigenvalue weighted by Crippen LogP contribution is 2.19. The van der Waals surface area contributed by atoms with E-state index in [1.165, 1.54) is 16.5 Å². The van der Waals surface area contributed by atoms with Gasteiger partial charge in [-0.15, -0.1) is 0 Å². The van der Waals surface area contributed by atoms with Gasteiger partial charge in [0, 0.05) is 49.8 Å². The number of benzene rings is 1. The zero-order valence-electron chi connectivity index (χ0n) is 11.5. The molecule has 0 atom stereocenters. The van der Waals surface area contributed by atoms with Crippen molar-refractivity contribution in [1.29, 1.82) is 0 Å². The van der Waals surface area contributed by atoms with Crippen molar-refractivity contribution in [2.24, 2.45) is 7.05 Å². The molecular formula is C15H23N3. The van der Waals surface area contributed by atoms with Crippen LogP contribution in [0, 0.1) is 0 Å². The van der Waals surface area contributed by atoms with Crippen LogP contribution in [0.4, 0.5) is 0 Å². The van der Waals surface area contributed by atoms with Gasteiger partial charge in [-0.3, -0.25) is 0 Å². The number of aromatic nitrogens is 1. The summed E-state index contributed by atoms with van der Waals surface area (Å²) < 4.78 is 2.19. The van der Waals surface area contributed by atoms with E-state index in [1.807, 2.05) is 0 Å². The molecule has 2 aromatic rings. The Balaban J connectivity index is 1.92. The summed E-state index contributed by atoms with van der Waals surface area (Å²) in [6.07, 6.45) is 2.22. The van der Waals surface area contributed by atoms with Crippen LogP contribution in [0.25, 0.3) is 10.9 Å². The highest BCUT2D eigenvalue weighted by molar-refractivity contribution is 5.83. The summed E-state index contributed by atoms with van der Waals surface area (Å²) in [6, 6.07) is 9.11. The number of aryl methyl sites for hydroxylation is 1. The highest BCUT2D eigenvalue weighted by atomic mass is 15.0. The maximum Gasteiger partial charge on any atom is 0.0481 e. The number of fused-ring (bicyclic) bond motifs is 1. The van der Waals surface area contributed by atoms with Crippen molar-refractivity contribution in [2.75, 3.05) is 13.1 Å². The lowest BCUT2D eigenvalue weighted by Gasteiger charge is -2.08. The maximum atomic E-state index is 3.49. The number of nitrogens with zero attached hydrogens (tertiary/aromatic N) is 1. The van der Waals surface area contributed by atoms with Crippen molar-refractivity contribution in [2.45, 2.75) is 26.4 Å². The molecule has 3 heteroatoms. The molecule has 0 aliphatic rings. The van der Waals surface area contributed by atoms with Crippen molar-refractivity contribution >= 4 is 10.9 Å². The van der Waals surface area contributed by atoms with E-state index < -0.39 is 0 Å². The van der Waals surface area contributed by atoms with Crippen LogP contribution >= 0.6 is 0 Å². The zero-order chi connectivity index (χ0) is 13.0. The molecule has 18 heavy (non-hydrogen) atoms. The number of hydrogen-bond acceptors (Lipinski definition) is 2. The molecule has 98 valence electrons. The van der Waals surface area contributed by atoms with Gasteiger partial charge in [-0.2, -0.15) is 0 Å². The molecule has 0 saturated heterocycles. The van der Waals surface area contributed by atoms with Gasteiger partial charge >= 0.3 is 0 Å². The molecular weight excluding hydrogens is 222 g/mol. The van der Waals surface area contributed by atoms with E-state index in [0.29, 0.717) is 6.04 Å². The van der Waals surface area contributed by atoms with Gasteiger partial charge in [-0.25, -0.2) is 0 Å². The minimum atomic E-state index is 0.560. The van der Waals surface area contributed by atoms with Gasteiger partial charge in [0.15, 0.2) is 0 Å². The quantitative estimate of drug-likeness (QED) is 0.764. The second kappa shape index (κ2) is 6.03. The Morgan fingerprint density at radius 3 is 2.72 bits per heavy atom. The first-order valence-electron chi connectivity index (χ1n) is 6.65. The lowest BCUT2D eigenvalue weighted by atomic mass is 10.2. The Bertz CT molecular complexity index is 499. The van der Waals surface area contributed by atoms with Crippen LogP contribution in [0.1, 0.15) is 19.4 Å². The Hall–Kier alpha value is -1.32. The Labute approximate surface area is 109 Å². The van der Waals surface area contributed by atoms with Gasteiger partial charge < -0.3 is 15.2 Å². The zero-order valence-corrected chi connectivity index (χ0v) is 11.5.